The topological polar surface area (TPSA) is 63.6 Å². The van der Waals surface area contributed by atoms with Crippen molar-refractivity contribution in [2.45, 2.75) is 32.6 Å². The molecular weight excluding hydrogens is 303 g/mol. The van der Waals surface area contributed by atoms with E-state index in [4.69, 9.17) is 33.0 Å². The number of carboxylic acid groups (broad SMARTS) is 1. The third-order valence-corrected chi connectivity index (χ3v) is 3.30. The Balaban J connectivity index is 2.87. The maximum absolute atomic E-state index is 12.1. The second-order valence-corrected chi connectivity index (χ2v) is 5.10. The Morgan fingerprint density at radius 2 is 1.85 bits per heavy atom. The van der Waals surface area contributed by atoms with Gasteiger partial charge in [0.2, 0.25) is 0 Å². The van der Waals surface area contributed by atoms with Crippen LogP contribution in [0.5, 0.6) is 5.75 Å². The van der Waals surface area contributed by atoms with Crippen molar-refractivity contribution in [2.24, 2.45) is 0 Å². The summed E-state index contributed by atoms with van der Waals surface area (Å²) in [5, 5.41) is 9.17. The molecule has 110 valence electrons. The highest BCUT2D eigenvalue weighted by Gasteiger charge is 2.16. The Morgan fingerprint density at radius 1 is 1.20 bits per heavy atom. The lowest BCUT2D eigenvalue weighted by Gasteiger charge is -2.11. The predicted molar refractivity (Wildman–Crippen MR) is 78.1 cm³/mol. The van der Waals surface area contributed by atoms with Gasteiger partial charge in [-0.1, -0.05) is 30.1 Å². The van der Waals surface area contributed by atoms with Gasteiger partial charge >= 0.3 is 5.97 Å². The molecule has 0 amide bonds. The molecule has 0 bridgehead atoms. The van der Waals surface area contributed by atoms with Crippen molar-refractivity contribution in [1.82, 2.24) is 0 Å². The highest BCUT2D eigenvalue weighted by Crippen LogP contribution is 2.31. The largest absolute Gasteiger partial charge is 0.493 e. The summed E-state index contributed by atoms with van der Waals surface area (Å²) in [4.78, 5) is 22.5. The van der Waals surface area contributed by atoms with Crippen LogP contribution in [-0.2, 0) is 4.79 Å². The molecule has 20 heavy (non-hydrogen) atoms. The van der Waals surface area contributed by atoms with Gasteiger partial charge in [-0.2, -0.15) is 0 Å². The number of benzene rings is 1. The summed E-state index contributed by atoms with van der Waals surface area (Å²) in [5.74, 6) is -0.730. The van der Waals surface area contributed by atoms with E-state index in [0.29, 0.717) is 22.9 Å². The molecule has 0 unspecified atom stereocenters. The molecule has 0 atom stereocenters. The van der Waals surface area contributed by atoms with E-state index in [1.807, 2.05) is 6.92 Å². The summed E-state index contributed by atoms with van der Waals surface area (Å²) in [5.41, 5.74) is 0.346. The van der Waals surface area contributed by atoms with Crippen molar-refractivity contribution in [3.63, 3.8) is 0 Å². The number of hydrogen-bond acceptors (Lipinski definition) is 3. The minimum atomic E-state index is -0.922. The molecular formula is C14H16Cl2O4. The number of rotatable bonds is 8. The van der Waals surface area contributed by atoms with E-state index >= 15 is 0 Å². The van der Waals surface area contributed by atoms with E-state index in [1.54, 1.807) is 0 Å². The summed E-state index contributed by atoms with van der Waals surface area (Å²) in [6.07, 6.45) is 1.17. The summed E-state index contributed by atoms with van der Waals surface area (Å²) < 4.78 is 5.49. The van der Waals surface area contributed by atoms with Gasteiger partial charge < -0.3 is 9.84 Å². The van der Waals surface area contributed by atoms with Crippen molar-refractivity contribution in [1.29, 1.82) is 0 Å². The van der Waals surface area contributed by atoms with Crippen LogP contribution in [0.1, 0.15) is 43.0 Å². The van der Waals surface area contributed by atoms with Gasteiger partial charge in [-0.15, -0.1) is 0 Å². The summed E-state index contributed by atoms with van der Waals surface area (Å²) >= 11 is 11.8. The number of Topliss-reactive ketones (excluding diaryl/α,β-unsaturated/α-hetero) is 1. The van der Waals surface area contributed by atoms with Crippen LogP contribution >= 0.6 is 23.2 Å². The van der Waals surface area contributed by atoms with E-state index in [-0.39, 0.29) is 30.1 Å². The second-order valence-electron chi connectivity index (χ2n) is 4.28. The van der Waals surface area contributed by atoms with E-state index in [9.17, 15) is 9.59 Å². The lowest BCUT2D eigenvalue weighted by Crippen LogP contribution is -2.06. The Hall–Kier alpha value is -1.26. The molecule has 0 aliphatic carbocycles. The Bertz CT molecular complexity index is 500. The van der Waals surface area contributed by atoms with Crippen molar-refractivity contribution in [3.05, 3.63) is 27.7 Å². The van der Waals surface area contributed by atoms with Crippen LogP contribution in [0.2, 0.25) is 10.0 Å². The van der Waals surface area contributed by atoms with Gasteiger partial charge in [0.1, 0.15) is 5.75 Å². The van der Waals surface area contributed by atoms with Gasteiger partial charge in [0.15, 0.2) is 5.78 Å². The number of carboxylic acids is 1. The van der Waals surface area contributed by atoms with Crippen LogP contribution in [0.15, 0.2) is 12.1 Å². The standard InChI is InChI=1S/C14H16Cl2O4/c1-2-6-20-13-8-11(16)10(15)7-9(13)12(17)4-3-5-14(18)19/h7-8H,2-6H2,1H3,(H,18,19). The second kappa shape index (κ2) is 8.12. The molecule has 1 aromatic rings. The summed E-state index contributed by atoms with van der Waals surface area (Å²) in [6.45, 7) is 2.42. The van der Waals surface area contributed by atoms with E-state index in [0.717, 1.165) is 6.42 Å². The molecule has 0 aliphatic rings. The van der Waals surface area contributed by atoms with Crippen molar-refractivity contribution in [3.8, 4) is 5.75 Å². The van der Waals surface area contributed by atoms with Crippen LogP contribution in [0.4, 0.5) is 0 Å². The average molecular weight is 319 g/mol. The van der Waals surface area contributed by atoms with Gasteiger partial charge in [-0.3, -0.25) is 9.59 Å². The molecule has 6 heteroatoms. The van der Waals surface area contributed by atoms with Crippen molar-refractivity contribution < 1.29 is 19.4 Å². The number of carbonyl (C=O) groups is 2. The fourth-order valence-electron chi connectivity index (χ4n) is 1.61. The Morgan fingerprint density at radius 3 is 2.45 bits per heavy atom. The lowest BCUT2D eigenvalue weighted by atomic mass is 10.0. The maximum Gasteiger partial charge on any atom is 0.303 e. The summed E-state index contributed by atoms with van der Waals surface area (Å²) in [6, 6.07) is 2.99. The molecule has 1 rings (SSSR count). The number of carbonyl (C=O) groups excluding carboxylic acids is 1. The number of hydrogen-bond donors (Lipinski definition) is 1. The zero-order valence-electron chi connectivity index (χ0n) is 11.1. The molecule has 1 aromatic carbocycles. The molecule has 0 aromatic heterocycles. The SMILES string of the molecule is CCCOc1cc(Cl)c(Cl)cc1C(=O)CCCC(=O)O. The van der Waals surface area contributed by atoms with Crippen LogP contribution in [0.25, 0.3) is 0 Å². The first-order chi connectivity index (χ1) is 9.45. The molecule has 0 spiro atoms. The van der Waals surface area contributed by atoms with E-state index in [2.05, 4.69) is 0 Å². The first-order valence-electron chi connectivity index (χ1n) is 6.32. The van der Waals surface area contributed by atoms with Gasteiger partial charge in [0.25, 0.3) is 0 Å². The Labute approximate surface area is 127 Å². The molecule has 1 N–H and O–H groups in total. The van der Waals surface area contributed by atoms with Crippen molar-refractivity contribution >= 4 is 35.0 Å². The lowest BCUT2D eigenvalue weighted by molar-refractivity contribution is -0.137. The number of ether oxygens (including phenoxy) is 1. The van der Waals surface area contributed by atoms with Gasteiger partial charge in [-0.25, -0.2) is 0 Å². The smallest absolute Gasteiger partial charge is 0.303 e. The Kier molecular flexibility index (Phi) is 6.82. The first-order valence-corrected chi connectivity index (χ1v) is 7.08. The molecule has 0 heterocycles. The zero-order valence-corrected chi connectivity index (χ0v) is 12.6. The van der Waals surface area contributed by atoms with Crippen LogP contribution in [0.3, 0.4) is 0 Å². The van der Waals surface area contributed by atoms with E-state index < -0.39 is 5.97 Å². The number of halogens is 2. The van der Waals surface area contributed by atoms with Gasteiger partial charge in [0.05, 0.1) is 22.2 Å². The normalized spacial score (nSPS) is 10.3. The maximum atomic E-state index is 12.1. The van der Waals surface area contributed by atoms with Gasteiger partial charge in [0, 0.05) is 18.9 Å². The van der Waals surface area contributed by atoms with Crippen LogP contribution in [-0.4, -0.2) is 23.5 Å². The van der Waals surface area contributed by atoms with Crippen LogP contribution < -0.4 is 4.74 Å². The first kappa shape index (κ1) is 16.8. The third kappa shape index (κ3) is 5.02. The fraction of sp³-hybridized carbons (Fsp3) is 0.429. The van der Waals surface area contributed by atoms with Gasteiger partial charge in [-0.05, 0) is 18.9 Å². The minimum Gasteiger partial charge on any atom is -0.493 e. The average Bonchev–Trinajstić information content (AvgIpc) is 2.39. The fourth-order valence-corrected chi connectivity index (χ4v) is 1.93. The molecule has 0 aliphatic heterocycles. The number of aliphatic carboxylic acids is 1. The molecule has 0 saturated heterocycles. The van der Waals surface area contributed by atoms with Crippen molar-refractivity contribution in [2.75, 3.05) is 6.61 Å². The highest BCUT2D eigenvalue weighted by atomic mass is 35.5. The summed E-state index contributed by atoms with van der Waals surface area (Å²) in [7, 11) is 0. The minimum absolute atomic E-state index is 0.0434. The molecule has 0 saturated carbocycles. The third-order valence-electron chi connectivity index (χ3n) is 2.58. The quantitative estimate of drug-likeness (QED) is 0.729. The molecule has 4 nitrogen and oxygen atoms in total. The zero-order chi connectivity index (χ0) is 15.1. The predicted octanol–water partition coefficient (Wildman–Crippen LogP) is 4.22. The number of ketones is 1. The molecule has 0 fully saturated rings. The monoisotopic (exact) mass is 318 g/mol. The molecule has 0 radical (unpaired) electrons. The highest BCUT2D eigenvalue weighted by molar-refractivity contribution is 6.42. The van der Waals surface area contributed by atoms with Crippen LogP contribution in [0, 0.1) is 0 Å². The van der Waals surface area contributed by atoms with E-state index in [1.165, 1.54) is 12.1 Å².